The van der Waals surface area contributed by atoms with Crippen LogP contribution in [-0.4, -0.2) is 31.1 Å². The van der Waals surface area contributed by atoms with Crippen molar-refractivity contribution in [3.63, 3.8) is 0 Å². The first-order valence-corrected chi connectivity index (χ1v) is 8.14. The van der Waals surface area contributed by atoms with Gasteiger partial charge in [-0.3, -0.25) is 0 Å². The molecule has 0 unspecified atom stereocenters. The van der Waals surface area contributed by atoms with Gasteiger partial charge in [0.05, 0.1) is 0 Å². The van der Waals surface area contributed by atoms with E-state index in [0.717, 1.165) is 36.9 Å². The van der Waals surface area contributed by atoms with Crippen LogP contribution in [0.3, 0.4) is 0 Å². The molecule has 1 aliphatic heterocycles. The van der Waals surface area contributed by atoms with Gasteiger partial charge in [-0.25, -0.2) is 0 Å². The van der Waals surface area contributed by atoms with Crippen LogP contribution in [0.25, 0.3) is 11.0 Å². The van der Waals surface area contributed by atoms with Gasteiger partial charge in [0, 0.05) is 30.6 Å². The average molecular weight is 286 g/mol. The highest BCUT2D eigenvalue weighted by molar-refractivity contribution is 5.82. The molecule has 2 aromatic rings. The summed E-state index contributed by atoms with van der Waals surface area (Å²) in [5.74, 6) is 1.95. The van der Waals surface area contributed by atoms with Crippen LogP contribution in [0.4, 0.5) is 0 Å². The standard InChI is InChI=1S/C18H26N2O/c1-14-7-10-20(11-8-14)12-9-19-13-17-15(2)21-18-6-4-3-5-16(17)18/h3-6,14,19H,7-13H2,1-2H3. The average Bonchev–Trinajstić information content (AvgIpc) is 2.81. The summed E-state index contributed by atoms with van der Waals surface area (Å²) in [6, 6.07) is 8.30. The molecule has 1 aliphatic rings. The van der Waals surface area contributed by atoms with Crippen LogP contribution in [0, 0.1) is 12.8 Å². The number of rotatable bonds is 5. The quantitative estimate of drug-likeness (QED) is 0.852. The molecular formula is C18H26N2O. The lowest BCUT2D eigenvalue weighted by Gasteiger charge is -2.30. The fourth-order valence-corrected chi connectivity index (χ4v) is 3.18. The van der Waals surface area contributed by atoms with Crippen LogP contribution in [-0.2, 0) is 6.54 Å². The number of para-hydroxylation sites is 1. The molecule has 0 amide bonds. The molecule has 1 saturated heterocycles. The summed E-state index contributed by atoms with van der Waals surface area (Å²) in [7, 11) is 0. The van der Waals surface area contributed by atoms with E-state index >= 15 is 0 Å². The van der Waals surface area contributed by atoms with E-state index in [-0.39, 0.29) is 0 Å². The van der Waals surface area contributed by atoms with Crippen molar-refractivity contribution in [3.05, 3.63) is 35.6 Å². The molecular weight excluding hydrogens is 260 g/mol. The molecule has 0 atom stereocenters. The molecule has 2 heterocycles. The van der Waals surface area contributed by atoms with Gasteiger partial charge in [0.25, 0.3) is 0 Å². The highest BCUT2D eigenvalue weighted by Gasteiger charge is 2.15. The summed E-state index contributed by atoms with van der Waals surface area (Å²) in [5.41, 5.74) is 2.30. The summed E-state index contributed by atoms with van der Waals surface area (Å²) in [6.07, 6.45) is 2.71. The number of hydrogen-bond donors (Lipinski definition) is 1. The Bertz CT molecular complexity index is 582. The summed E-state index contributed by atoms with van der Waals surface area (Å²) in [5, 5.41) is 4.82. The molecule has 3 rings (SSSR count). The molecule has 1 N–H and O–H groups in total. The summed E-state index contributed by atoms with van der Waals surface area (Å²) < 4.78 is 5.81. The highest BCUT2D eigenvalue weighted by Crippen LogP contribution is 2.24. The number of likely N-dealkylation sites (tertiary alicyclic amines) is 1. The number of hydrogen-bond acceptors (Lipinski definition) is 3. The maximum Gasteiger partial charge on any atom is 0.134 e. The van der Waals surface area contributed by atoms with Crippen molar-refractivity contribution in [1.29, 1.82) is 0 Å². The third kappa shape index (κ3) is 3.47. The minimum Gasteiger partial charge on any atom is -0.461 e. The predicted molar refractivity (Wildman–Crippen MR) is 87.5 cm³/mol. The van der Waals surface area contributed by atoms with Crippen LogP contribution < -0.4 is 5.32 Å². The smallest absolute Gasteiger partial charge is 0.134 e. The molecule has 21 heavy (non-hydrogen) atoms. The fourth-order valence-electron chi connectivity index (χ4n) is 3.18. The van der Waals surface area contributed by atoms with E-state index in [4.69, 9.17) is 4.42 Å². The van der Waals surface area contributed by atoms with Gasteiger partial charge in [-0.15, -0.1) is 0 Å². The van der Waals surface area contributed by atoms with Gasteiger partial charge in [0.1, 0.15) is 11.3 Å². The van der Waals surface area contributed by atoms with Gasteiger partial charge in [-0.05, 0) is 44.8 Å². The Morgan fingerprint density at radius 3 is 2.81 bits per heavy atom. The number of nitrogens with zero attached hydrogens (tertiary/aromatic N) is 1. The second-order valence-electron chi connectivity index (χ2n) is 6.33. The van der Waals surface area contributed by atoms with E-state index in [0.29, 0.717) is 0 Å². The van der Waals surface area contributed by atoms with Gasteiger partial charge in [0.2, 0.25) is 0 Å². The van der Waals surface area contributed by atoms with Crippen molar-refractivity contribution in [2.75, 3.05) is 26.2 Å². The number of nitrogens with one attached hydrogen (secondary N) is 1. The molecule has 0 radical (unpaired) electrons. The molecule has 1 aromatic carbocycles. The van der Waals surface area contributed by atoms with E-state index in [2.05, 4.69) is 36.2 Å². The van der Waals surface area contributed by atoms with Crippen molar-refractivity contribution in [2.24, 2.45) is 5.92 Å². The monoisotopic (exact) mass is 286 g/mol. The lowest BCUT2D eigenvalue weighted by atomic mass is 9.99. The zero-order valence-electron chi connectivity index (χ0n) is 13.2. The molecule has 3 nitrogen and oxygen atoms in total. The predicted octanol–water partition coefficient (Wildman–Crippen LogP) is 3.56. The van der Waals surface area contributed by atoms with Gasteiger partial charge in [0.15, 0.2) is 0 Å². The van der Waals surface area contributed by atoms with Crippen LogP contribution in [0.15, 0.2) is 28.7 Å². The summed E-state index contributed by atoms with van der Waals surface area (Å²) >= 11 is 0. The maximum atomic E-state index is 5.81. The molecule has 114 valence electrons. The van der Waals surface area contributed by atoms with Gasteiger partial charge in [-0.1, -0.05) is 25.1 Å². The summed E-state index contributed by atoms with van der Waals surface area (Å²) in [6.45, 7) is 10.0. The summed E-state index contributed by atoms with van der Waals surface area (Å²) in [4.78, 5) is 2.58. The largest absolute Gasteiger partial charge is 0.461 e. The molecule has 0 spiro atoms. The molecule has 0 saturated carbocycles. The van der Waals surface area contributed by atoms with Gasteiger partial charge < -0.3 is 14.6 Å². The Hall–Kier alpha value is -1.32. The molecule has 1 fully saturated rings. The second kappa shape index (κ2) is 6.63. The highest BCUT2D eigenvalue weighted by atomic mass is 16.3. The minimum absolute atomic E-state index is 0.896. The first-order valence-electron chi connectivity index (χ1n) is 8.14. The third-order valence-electron chi connectivity index (χ3n) is 4.68. The maximum absolute atomic E-state index is 5.81. The van der Waals surface area contributed by atoms with Crippen LogP contribution in [0.2, 0.25) is 0 Å². The Labute approximate surface area is 127 Å². The Kier molecular flexibility index (Phi) is 4.61. The Balaban J connectivity index is 1.49. The lowest BCUT2D eigenvalue weighted by molar-refractivity contribution is 0.193. The number of fused-ring (bicyclic) bond motifs is 1. The van der Waals surface area contributed by atoms with Crippen molar-refractivity contribution in [2.45, 2.75) is 33.2 Å². The van der Waals surface area contributed by atoms with E-state index in [1.165, 1.54) is 36.9 Å². The Morgan fingerprint density at radius 2 is 2.00 bits per heavy atom. The third-order valence-corrected chi connectivity index (χ3v) is 4.68. The topological polar surface area (TPSA) is 28.4 Å². The zero-order valence-corrected chi connectivity index (χ0v) is 13.2. The van der Waals surface area contributed by atoms with Crippen LogP contribution in [0.1, 0.15) is 31.1 Å². The first kappa shape index (κ1) is 14.6. The van der Waals surface area contributed by atoms with Crippen LogP contribution in [0.5, 0.6) is 0 Å². The minimum atomic E-state index is 0.896. The Morgan fingerprint density at radius 1 is 1.24 bits per heavy atom. The van der Waals surface area contributed by atoms with E-state index in [1.54, 1.807) is 0 Å². The first-order chi connectivity index (χ1) is 10.2. The molecule has 0 aliphatic carbocycles. The number of furan rings is 1. The van der Waals surface area contributed by atoms with E-state index in [1.807, 2.05) is 12.1 Å². The number of benzene rings is 1. The van der Waals surface area contributed by atoms with Crippen molar-refractivity contribution < 1.29 is 4.42 Å². The lowest BCUT2D eigenvalue weighted by Crippen LogP contribution is -2.37. The van der Waals surface area contributed by atoms with Crippen molar-refractivity contribution in [3.8, 4) is 0 Å². The normalized spacial score (nSPS) is 17.6. The zero-order chi connectivity index (χ0) is 14.7. The molecule has 1 aromatic heterocycles. The second-order valence-corrected chi connectivity index (χ2v) is 6.33. The molecule has 0 bridgehead atoms. The van der Waals surface area contributed by atoms with E-state index < -0.39 is 0 Å². The fraction of sp³-hybridized carbons (Fsp3) is 0.556. The van der Waals surface area contributed by atoms with Gasteiger partial charge >= 0.3 is 0 Å². The van der Waals surface area contributed by atoms with Gasteiger partial charge in [-0.2, -0.15) is 0 Å². The van der Waals surface area contributed by atoms with Crippen molar-refractivity contribution in [1.82, 2.24) is 10.2 Å². The SMILES string of the molecule is Cc1oc2ccccc2c1CNCCN1CCC(C)CC1. The molecule has 3 heteroatoms. The van der Waals surface area contributed by atoms with Crippen molar-refractivity contribution >= 4 is 11.0 Å². The van der Waals surface area contributed by atoms with Crippen LogP contribution >= 0.6 is 0 Å². The number of aryl methyl sites for hydroxylation is 1. The number of piperidine rings is 1. The van der Waals surface area contributed by atoms with E-state index in [9.17, 15) is 0 Å².